The van der Waals surface area contributed by atoms with E-state index >= 15 is 0 Å². The van der Waals surface area contributed by atoms with Gasteiger partial charge >= 0.3 is 0 Å². The third-order valence-electron chi connectivity index (χ3n) is 0.878. The number of hydrogen-bond acceptors (Lipinski definition) is 1. The largest absolute Gasteiger partial charge is 0.158 e. The molecule has 0 fully saturated rings. The molecule has 2 heteroatoms. The van der Waals surface area contributed by atoms with Crippen LogP contribution in [0.25, 0.3) is 0 Å². The predicted molar refractivity (Wildman–Crippen MR) is 45.5 cm³/mol. The number of hydrogen-bond donors (Lipinski definition) is 0. The minimum Gasteiger partial charge on any atom is -0.158 e. The van der Waals surface area contributed by atoms with Crippen molar-refractivity contribution in [3.05, 3.63) is 12.7 Å². The van der Waals surface area contributed by atoms with Crippen LogP contribution in [0.4, 0.5) is 0 Å². The molecule has 0 aromatic heterocycles. The van der Waals surface area contributed by atoms with Crippen LogP contribution in [-0.4, -0.2) is 19.4 Å². The molecule has 0 aromatic rings. The van der Waals surface area contributed by atoms with Gasteiger partial charge in [0.05, 0.1) is 0 Å². The summed E-state index contributed by atoms with van der Waals surface area (Å²) in [6.07, 6.45) is 4.61. The summed E-state index contributed by atoms with van der Waals surface area (Å²) in [5.41, 5.74) is 0. The van der Waals surface area contributed by atoms with Gasteiger partial charge in [-0.3, -0.25) is 0 Å². The zero-order valence-electron chi connectivity index (χ0n) is 5.52. The second kappa shape index (κ2) is 7.15. The monoisotopic (exact) mass is 128 g/mol. The Balaban J connectivity index is 2.62. The third-order valence-corrected chi connectivity index (χ3v) is 1.93. The van der Waals surface area contributed by atoms with E-state index in [2.05, 4.69) is 14.4 Å². The van der Waals surface area contributed by atoms with E-state index in [4.69, 9.17) is 0 Å². The Kier molecular flexibility index (Phi) is 7.29. The molecule has 8 heavy (non-hydrogen) atoms. The van der Waals surface area contributed by atoms with Gasteiger partial charge in [0.25, 0.3) is 0 Å². The highest BCUT2D eigenvalue weighted by Crippen LogP contribution is 2.02. The molecule has 0 aliphatic carbocycles. The van der Waals surface area contributed by atoms with Crippen LogP contribution in [0.2, 0.25) is 6.32 Å². The molecule has 0 aliphatic heterocycles. The minimum absolute atomic E-state index is 1.11. The summed E-state index contributed by atoms with van der Waals surface area (Å²) >= 11 is 1.96. The van der Waals surface area contributed by atoms with E-state index in [-0.39, 0.29) is 0 Å². The highest BCUT2D eigenvalue weighted by atomic mass is 32.2. The average Bonchev–Trinajstić information content (AvgIpc) is 1.81. The Bertz CT molecular complexity index is 54.5. The molecule has 0 heterocycles. The van der Waals surface area contributed by atoms with Crippen LogP contribution in [0.1, 0.15) is 6.42 Å². The van der Waals surface area contributed by atoms with Gasteiger partial charge in [-0.1, -0.05) is 18.8 Å². The summed E-state index contributed by atoms with van der Waals surface area (Å²) in [5, 5.41) is 0. The molecular weight excluding hydrogens is 115 g/mol. The predicted octanol–water partition coefficient (Wildman–Crippen LogP) is 1.35. The second-order valence-electron chi connectivity index (χ2n) is 1.72. The lowest BCUT2D eigenvalue weighted by molar-refractivity contribution is 1.10. The van der Waals surface area contributed by atoms with Crippen LogP contribution in [0.3, 0.4) is 0 Å². The fraction of sp³-hybridized carbons (Fsp3) is 0.667. The first-order valence-corrected chi connectivity index (χ1v) is 4.26. The van der Waals surface area contributed by atoms with Gasteiger partial charge < -0.3 is 0 Å². The van der Waals surface area contributed by atoms with E-state index < -0.39 is 0 Å². The Morgan fingerprint density at radius 2 is 2.38 bits per heavy atom. The van der Waals surface area contributed by atoms with Crippen LogP contribution < -0.4 is 0 Å². The second-order valence-corrected chi connectivity index (χ2v) is 2.87. The maximum Gasteiger partial charge on any atom is 0.101 e. The molecule has 0 aromatic carbocycles. The minimum atomic E-state index is 1.11. The maximum absolute atomic E-state index is 3.64. The van der Waals surface area contributed by atoms with E-state index in [9.17, 15) is 0 Å². The van der Waals surface area contributed by atoms with E-state index in [0.717, 1.165) is 5.75 Å². The van der Waals surface area contributed by atoms with Crippen molar-refractivity contribution in [2.45, 2.75) is 12.7 Å². The summed E-state index contributed by atoms with van der Waals surface area (Å²) < 4.78 is 0. The third kappa shape index (κ3) is 6.15. The summed E-state index contributed by atoms with van der Waals surface area (Å²) in [6.45, 7) is 3.64. The van der Waals surface area contributed by atoms with Crippen LogP contribution >= 0.6 is 11.8 Å². The van der Waals surface area contributed by atoms with Gasteiger partial charge in [-0.15, -0.1) is 6.58 Å². The van der Waals surface area contributed by atoms with Crippen molar-refractivity contribution < 1.29 is 0 Å². The first-order valence-electron chi connectivity index (χ1n) is 3.10. The average molecular weight is 128 g/mol. The zero-order chi connectivity index (χ0) is 6.24. The normalized spacial score (nSPS) is 9.00. The Hall–Kier alpha value is 0.155. The standard InChI is InChI=1S/C6H13BS/c1-2-5-8-6-3-4-7/h2H,1,3-7H2. The molecule has 0 radical (unpaired) electrons. The quantitative estimate of drug-likeness (QED) is 0.306. The van der Waals surface area contributed by atoms with Crippen molar-refractivity contribution >= 4 is 19.6 Å². The molecular formula is C6H13BS. The van der Waals surface area contributed by atoms with Crippen molar-refractivity contribution in [1.82, 2.24) is 0 Å². The molecule has 0 amide bonds. The van der Waals surface area contributed by atoms with E-state index in [1.54, 1.807) is 0 Å². The van der Waals surface area contributed by atoms with E-state index in [1.165, 1.54) is 18.5 Å². The number of rotatable bonds is 5. The Morgan fingerprint density at radius 3 is 2.88 bits per heavy atom. The molecule has 0 saturated carbocycles. The molecule has 0 nitrogen and oxygen atoms in total. The van der Waals surface area contributed by atoms with E-state index in [1.807, 2.05) is 17.8 Å². The van der Waals surface area contributed by atoms with Crippen LogP contribution in [-0.2, 0) is 0 Å². The molecule has 46 valence electrons. The fourth-order valence-electron chi connectivity index (χ4n) is 0.413. The first kappa shape index (κ1) is 8.15. The van der Waals surface area contributed by atoms with Crippen LogP contribution in [0.15, 0.2) is 12.7 Å². The zero-order valence-corrected chi connectivity index (χ0v) is 6.34. The molecule has 0 bridgehead atoms. The molecule has 0 atom stereocenters. The lowest BCUT2D eigenvalue weighted by Crippen LogP contribution is -1.78. The molecule has 0 unspecified atom stereocenters. The van der Waals surface area contributed by atoms with Crippen molar-refractivity contribution in [3.8, 4) is 0 Å². The van der Waals surface area contributed by atoms with Crippen LogP contribution in [0.5, 0.6) is 0 Å². The van der Waals surface area contributed by atoms with Gasteiger partial charge in [0.15, 0.2) is 0 Å². The maximum atomic E-state index is 3.64. The topological polar surface area (TPSA) is 0 Å². The van der Waals surface area contributed by atoms with Gasteiger partial charge in [-0.25, -0.2) is 0 Å². The lowest BCUT2D eigenvalue weighted by atomic mass is 10.0. The Morgan fingerprint density at radius 1 is 1.62 bits per heavy atom. The molecule has 0 rings (SSSR count). The lowest BCUT2D eigenvalue weighted by Gasteiger charge is -1.92. The van der Waals surface area contributed by atoms with Crippen LogP contribution in [0, 0.1) is 0 Å². The van der Waals surface area contributed by atoms with Crippen molar-refractivity contribution in [1.29, 1.82) is 0 Å². The Labute approximate surface area is 57.1 Å². The summed E-state index contributed by atoms with van der Waals surface area (Å²) in [7, 11) is 2.22. The van der Waals surface area contributed by atoms with E-state index in [0.29, 0.717) is 0 Å². The highest BCUT2D eigenvalue weighted by molar-refractivity contribution is 7.99. The molecule has 0 aliphatic rings. The SMILES string of the molecule is BCCCSCC=C. The van der Waals surface area contributed by atoms with Crippen molar-refractivity contribution in [3.63, 3.8) is 0 Å². The summed E-state index contributed by atoms with van der Waals surface area (Å²) in [5.74, 6) is 2.41. The van der Waals surface area contributed by atoms with Gasteiger partial charge in [-0.05, 0) is 5.75 Å². The fourth-order valence-corrected chi connectivity index (χ4v) is 1.24. The van der Waals surface area contributed by atoms with Crippen molar-refractivity contribution in [2.24, 2.45) is 0 Å². The van der Waals surface area contributed by atoms with Gasteiger partial charge in [0, 0.05) is 5.75 Å². The highest BCUT2D eigenvalue weighted by Gasteiger charge is 1.81. The smallest absolute Gasteiger partial charge is 0.101 e. The van der Waals surface area contributed by atoms with Crippen molar-refractivity contribution in [2.75, 3.05) is 11.5 Å². The van der Waals surface area contributed by atoms with Gasteiger partial charge in [0.1, 0.15) is 7.85 Å². The molecule has 0 spiro atoms. The summed E-state index contributed by atoms with van der Waals surface area (Å²) in [6, 6.07) is 0. The first-order chi connectivity index (χ1) is 3.91. The number of thioether (sulfide) groups is 1. The van der Waals surface area contributed by atoms with Gasteiger partial charge in [0.2, 0.25) is 0 Å². The molecule has 0 N–H and O–H groups in total. The molecule has 0 saturated heterocycles. The van der Waals surface area contributed by atoms with Gasteiger partial charge in [-0.2, -0.15) is 11.8 Å². The summed E-state index contributed by atoms with van der Waals surface area (Å²) in [4.78, 5) is 0.